The number of nitrogen functional groups attached to an aromatic ring is 2. The second kappa shape index (κ2) is 33.4. The Morgan fingerprint density at radius 2 is 0.745 bits per heavy atom. The summed E-state index contributed by atoms with van der Waals surface area (Å²) in [5.41, 5.74) is 12.9. The van der Waals surface area contributed by atoms with E-state index in [0.717, 1.165) is 20.9 Å². The number of nitrogens with two attached hydrogens (primary N) is 2. The van der Waals surface area contributed by atoms with Crippen molar-refractivity contribution in [3.05, 3.63) is 150 Å². The highest BCUT2D eigenvalue weighted by atomic mass is 16.6. The molecule has 6 aromatic carbocycles. The SMILES string of the molecule is COc1cc(C(=O)NCCC(=O)O)cc(OC)c1Oc1cccc2ccc(N)nc12.COc1cc(C(=O)NCCC(=O)OC(C)(C)C)cc(OC)c1Oc1cccc2ccc(N)nc12.COc1cc(C(=O)NCCC(=O)OC(C)(C)C)cc(OC)c1Oc1cccc2ccc[n+](O)c12. The Bertz CT molecular complexity index is 4300. The van der Waals surface area contributed by atoms with Crippen LogP contribution >= 0.6 is 0 Å². The Morgan fingerprint density at radius 3 is 1.08 bits per heavy atom. The smallest absolute Gasteiger partial charge is 0.308 e. The number of benzene rings is 6. The molecule has 0 aliphatic heterocycles. The van der Waals surface area contributed by atoms with E-state index >= 15 is 0 Å². The first-order chi connectivity index (χ1) is 46.7. The average molecular weight is 1350 g/mol. The molecule has 3 heterocycles. The van der Waals surface area contributed by atoms with E-state index in [4.69, 9.17) is 68.7 Å². The Labute approximate surface area is 564 Å². The van der Waals surface area contributed by atoms with Gasteiger partial charge in [0.15, 0.2) is 46.0 Å². The minimum atomic E-state index is -1.00. The van der Waals surface area contributed by atoms with Crippen LogP contribution in [0.25, 0.3) is 32.7 Å². The van der Waals surface area contributed by atoms with E-state index in [-0.39, 0.29) is 107 Å². The number of hydrogen-bond acceptors (Lipinski definition) is 22. The van der Waals surface area contributed by atoms with Crippen molar-refractivity contribution in [3.8, 4) is 69.0 Å². The van der Waals surface area contributed by atoms with E-state index in [1.165, 1.54) is 85.3 Å². The Hall–Kier alpha value is -12.0. The number of ether oxygens (including phenoxy) is 11. The fraction of sp³-hybridized carbons (Fsp3) is 0.282. The van der Waals surface area contributed by atoms with Crippen LogP contribution < -0.4 is 74.8 Å². The molecule has 9 N–H and O–H groups in total. The van der Waals surface area contributed by atoms with Crippen LogP contribution in [-0.4, -0.2) is 129 Å². The van der Waals surface area contributed by atoms with E-state index in [1.54, 1.807) is 84.0 Å². The largest absolute Gasteiger partial charge is 0.493 e. The van der Waals surface area contributed by atoms with Crippen molar-refractivity contribution in [2.45, 2.75) is 72.0 Å². The average Bonchev–Trinajstić information content (AvgIpc) is 0.805. The number of carbonyl (C=O) groups excluding carboxylic acids is 5. The molecule has 0 radical (unpaired) electrons. The molecule has 0 bridgehead atoms. The molecule has 0 aliphatic rings. The van der Waals surface area contributed by atoms with Gasteiger partial charge in [0.05, 0.1) is 67.3 Å². The highest BCUT2D eigenvalue weighted by Gasteiger charge is 2.26. The number of nitrogens with one attached hydrogen (secondary N) is 3. The van der Waals surface area contributed by atoms with E-state index in [1.807, 2.05) is 48.5 Å². The van der Waals surface area contributed by atoms with Gasteiger partial charge < -0.3 is 84.6 Å². The molecule has 0 saturated heterocycles. The number of rotatable bonds is 24. The first-order valence-electron chi connectivity index (χ1n) is 30.4. The quantitative estimate of drug-likeness (QED) is 0.0168. The molecule has 0 aliphatic carbocycles. The number of hydrogen-bond donors (Lipinski definition) is 7. The third-order valence-corrected chi connectivity index (χ3v) is 13.7. The number of aromatic nitrogens is 3. The lowest BCUT2D eigenvalue weighted by molar-refractivity contribution is -0.884. The van der Waals surface area contributed by atoms with Crippen molar-refractivity contribution in [1.82, 2.24) is 25.9 Å². The second-order valence-electron chi connectivity index (χ2n) is 23.2. The number of aliphatic carboxylic acids is 1. The van der Waals surface area contributed by atoms with E-state index in [0.29, 0.717) is 45.4 Å². The molecule has 0 unspecified atom stereocenters. The molecule has 0 fully saturated rings. The van der Waals surface area contributed by atoms with Gasteiger partial charge in [-0.15, -0.1) is 0 Å². The zero-order valence-corrected chi connectivity index (χ0v) is 56.3. The molecule has 0 spiro atoms. The molecule has 516 valence electrons. The lowest BCUT2D eigenvalue weighted by Crippen LogP contribution is -2.30. The van der Waals surface area contributed by atoms with Crippen molar-refractivity contribution >= 4 is 80.0 Å². The molecule has 27 heteroatoms. The normalized spacial score (nSPS) is 10.9. The van der Waals surface area contributed by atoms with Crippen LogP contribution in [0.3, 0.4) is 0 Å². The Kier molecular flexibility index (Phi) is 25.0. The van der Waals surface area contributed by atoms with Gasteiger partial charge in [0.1, 0.15) is 33.9 Å². The predicted molar refractivity (Wildman–Crippen MR) is 363 cm³/mol. The lowest BCUT2D eigenvalue weighted by atomic mass is 10.1. The number of esters is 2. The number of pyridine rings is 3. The van der Waals surface area contributed by atoms with Gasteiger partial charge in [0, 0.05) is 57.9 Å². The maximum Gasteiger partial charge on any atom is 0.308 e. The first-order valence-corrected chi connectivity index (χ1v) is 30.4. The van der Waals surface area contributed by atoms with Crippen molar-refractivity contribution in [1.29, 1.82) is 0 Å². The summed E-state index contributed by atoms with van der Waals surface area (Å²) in [6.45, 7) is 10.9. The monoisotopic (exact) mass is 1350 g/mol. The number of carboxylic acids is 1. The molecule has 0 saturated carbocycles. The summed E-state index contributed by atoms with van der Waals surface area (Å²) in [6.07, 6.45) is 1.41. The highest BCUT2D eigenvalue weighted by Crippen LogP contribution is 2.46. The number of carbonyl (C=O) groups is 6. The fourth-order valence-corrected chi connectivity index (χ4v) is 9.33. The van der Waals surface area contributed by atoms with E-state index in [9.17, 15) is 34.0 Å². The second-order valence-corrected chi connectivity index (χ2v) is 23.2. The first kappa shape index (κ1) is 73.4. The zero-order chi connectivity index (χ0) is 71.4. The fourth-order valence-electron chi connectivity index (χ4n) is 9.33. The molecule has 0 atom stereocenters. The number of nitrogens with zero attached hydrogens (tertiary/aromatic N) is 3. The molecular formula is C71H79N8O19+. The summed E-state index contributed by atoms with van der Waals surface area (Å²) in [6, 6.07) is 36.0. The summed E-state index contributed by atoms with van der Waals surface area (Å²) in [7, 11) is 8.69. The third-order valence-electron chi connectivity index (χ3n) is 13.7. The van der Waals surface area contributed by atoms with Crippen LogP contribution in [-0.2, 0) is 23.9 Å². The molecule has 3 amide bonds. The standard InChI is InChI=1S/C25H29N3O6.C25H28N2O7.C21H21N3O6/c1-25(2,3)34-21(29)11-12-27-24(30)16-13-18(31-4)23(19(14-16)32-5)33-17-8-6-7-15-9-10-20(26)28-22(15)17;1-25(2,3)34-21(28)11-12-26-24(29)17-14-19(31-4)23(20(15-17)32-5)33-18-10-6-8-16-9-7-13-27(30)22(16)18;1-28-15-10-13(21(27)23-9-8-18(25)26)11-16(29-2)20(15)30-14-5-3-4-12-6-7-17(22)24-19(12)14/h6-10,13-14H,11-12H2,1-5H3,(H2,26,28)(H,27,30);6-10,13-15H,11-12H2,1-5H3,(H-,26,29,30);3-7,10-11H,8-9H2,1-2H3,(H2,22,24)(H,23,27)(H,25,26)/p+1. The highest BCUT2D eigenvalue weighted by molar-refractivity contribution is 5.98. The summed E-state index contributed by atoms with van der Waals surface area (Å²) in [5.74, 6) is 1.32. The van der Waals surface area contributed by atoms with Gasteiger partial charge in [-0.25, -0.2) is 9.97 Å². The van der Waals surface area contributed by atoms with E-state index in [2.05, 4.69) is 25.9 Å². The molecule has 3 aromatic heterocycles. The third kappa shape index (κ3) is 20.0. The van der Waals surface area contributed by atoms with Gasteiger partial charge >= 0.3 is 23.4 Å². The van der Waals surface area contributed by atoms with Crippen molar-refractivity contribution < 1.29 is 95.9 Å². The maximum absolute atomic E-state index is 12.7. The zero-order valence-electron chi connectivity index (χ0n) is 56.3. The molecule has 9 rings (SSSR count). The number of anilines is 2. The Balaban J connectivity index is 0.000000207. The molecular weight excluding hydrogens is 1270 g/mol. The van der Waals surface area contributed by atoms with Crippen LogP contribution in [0.4, 0.5) is 11.6 Å². The number of para-hydroxylation sites is 3. The van der Waals surface area contributed by atoms with Crippen LogP contribution in [0.2, 0.25) is 0 Å². The van der Waals surface area contributed by atoms with Crippen LogP contribution in [0.15, 0.2) is 134 Å². The summed E-state index contributed by atoms with van der Waals surface area (Å²) < 4.78 is 62.4. The van der Waals surface area contributed by atoms with Gasteiger partial charge in [-0.05, 0) is 133 Å². The topological polar surface area (TPSA) is 362 Å². The van der Waals surface area contributed by atoms with Crippen molar-refractivity contribution in [2.75, 3.05) is 73.8 Å². The van der Waals surface area contributed by atoms with Gasteiger partial charge in [-0.2, -0.15) is 0 Å². The van der Waals surface area contributed by atoms with Gasteiger partial charge in [-0.1, -0.05) is 30.3 Å². The van der Waals surface area contributed by atoms with Crippen LogP contribution in [0.5, 0.6) is 69.0 Å². The van der Waals surface area contributed by atoms with Crippen molar-refractivity contribution in [3.63, 3.8) is 0 Å². The van der Waals surface area contributed by atoms with Gasteiger partial charge in [0.25, 0.3) is 17.7 Å². The minimum Gasteiger partial charge on any atom is -0.493 e. The summed E-state index contributed by atoms with van der Waals surface area (Å²) in [5, 5.41) is 29.4. The Morgan fingerprint density at radius 1 is 0.429 bits per heavy atom. The number of amides is 3. The summed E-state index contributed by atoms with van der Waals surface area (Å²) >= 11 is 0. The van der Waals surface area contributed by atoms with Crippen molar-refractivity contribution in [2.24, 2.45) is 0 Å². The lowest BCUT2D eigenvalue weighted by Gasteiger charge is -2.19. The number of methoxy groups -OCH3 is 6. The minimum absolute atomic E-state index is 0.000144. The van der Waals surface area contributed by atoms with Crippen LogP contribution in [0.1, 0.15) is 91.9 Å². The predicted octanol–water partition coefficient (Wildman–Crippen LogP) is 10.6. The van der Waals surface area contributed by atoms with Gasteiger partial charge in [-0.3, -0.25) is 34.0 Å². The van der Waals surface area contributed by atoms with Crippen LogP contribution in [0, 0.1) is 0 Å². The maximum atomic E-state index is 12.7. The number of carboxylic acid groups (broad SMARTS) is 1. The number of fused-ring (bicyclic) bond motifs is 3. The van der Waals surface area contributed by atoms with Gasteiger partial charge in [0.2, 0.25) is 29.2 Å². The molecule has 27 nitrogen and oxygen atoms in total. The molecule has 98 heavy (non-hydrogen) atoms. The van der Waals surface area contributed by atoms with E-state index < -0.39 is 46.8 Å². The summed E-state index contributed by atoms with van der Waals surface area (Å²) in [4.78, 5) is 80.8. The molecule has 9 aromatic rings.